The molecule has 96 valence electrons. The second-order valence-corrected chi connectivity index (χ2v) is 5.11. The third kappa shape index (κ3) is 2.27. The molecule has 2 N–H and O–H groups in total. The van der Waals surface area contributed by atoms with E-state index in [0.717, 1.165) is 34.5 Å². The number of hydrogen-bond donors (Lipinski definition) is 1. The summed E-state index contributed by atoms with van der Waals surface area (Å²) in [7, 11) is 0. The van der Waals surface area contributed by atoms with Gasteiger partial charge in [-0.3, -0.25) is 4.98 Å². The van der Waals surface area contributed by atoms with Crippen molar-refractivity contribution in [2.24, 2.45) is 0 Å². The van der Waals surface area contributed by atoms with E-state index >= 15 is 0 Å². The van der Waals surface area contributed by atoms with Gasteiger partial charge in [0, 0.05) is 21.8 Å². The number of nitrogens with two attached hydrogens (primary N) is 1. The number of halogens is 2. The standard InChI is InChI=1S/C14H15ClN2.ClH/c15-9-6-7-13-11(8-9)14(16)10-4-2-1-3-5-12(10)17-13;/h6-8H,1-5H2,(H2,16,17);1H. The highest BCUT2D eigenvalue weighted by atomic mass is 35.5. The summed E-state index contributed by atoms with van der Waals surface area (Å²) in [5.41, 5.74) is 10.6. The first-order valence-electron chi connectivity index (χ1n) is 6.12. The molecular formula is C14H16Cl2N2. The van der Waals surface area contributed by atoms with Crippen LogP contribution < -0.4 is 5.73 Å². The zero-order valence-electron chi connectivity index (χ0n) is 10.1. The second-order valence-electron chi connectivity index (χ2n) is 4.67. The molecule has 0 fully saturated rings. The lowest BCUT2D eigenvalue weighted by molar-refractivity contribution is 0.709. The number of nitrogens with zero attached hydrogens (tertiary/aromatic N) is 1. The first-order chi connectivity index (χ1) is 8.25. The van der Waals surface area contributed by atoms with E-state index in [4.69, 9.17) is 22.3 Å². The molecule has 0 amide bonds. The van der Waals surface area contributed by atoms with E-state index in [2.05, 4.69) is 0 Å². The fourth-order valence-corrected chi connectivity index (χ4v) is 2.78. The van der Waals surface area contributed by atoms with Crippen molar-refractivity contribution in [1.82, 2.24) is 4.98 Å². The lowest BCUT2D eigenvalue weighted by Crippen LogP contribution is -2.02. The van der Waals surface area contributed by atoms with Crippen LogP contribution in [0.3, 0.4) is 0 Å². The molecule has 1 heterocycles. The maximum absolute atomic E-state index is 6.28. The van der Waals surface area contributed by atoms with Gasteiger partial charge in [-0.1, -0.05) is 18.0 Å². The van der Waals surface area contributed by atoms with E-state index in [0.29, 0.717) is 0 Å². The van der Waals surface area contributed by atoms with Crippen LogP contribution in [0, 0.1) is 0 Å². The lowest BCUT2D eigenvalue weighted by Gasteiger charge is -2.12. The van der Waals surface area contributed by atoms with Gasteiger partial charge in [-0.25, -0.2) is 0 Å². The molecule has 0 atom stereocenters. The number of fused-ring (bicyclic) bond motifs is 2. The van der Waals surface area contributed by atoms with Crippen LogP contribution >= 0.6 is 24.0 Å². The largest absolute Gasteiger partial charge is 0.398 e. The topological polar surface area (TPSA) is 38.9 Å². The monoisotopic (exact) mass is 282 g/mol. The number of pyridine rings is 1. The molecule has 1 aliphatic carbocycles. The summed E-state index contributed by atoms with van der Waals surface area (Å²) < 4.78 is 0. The van der Waals surface area contributed by atoms with Crippen molar-refractivity contribution in [2.45, 2.75) is 32.1 Å². The number of nitrogen functional groups attached to an aromatic ring is 1. The fourth-order valence-electron chi connectivity index (χ4n) is 2.61. The van der Waals surface area contributed by atoms with E-state index in [1.165, 1.54) is 30.5 Å². The average molecular weight is 283 g/mol. The highest BCUT2D eigenvalue weighted by molar-refractivity contribution is 6.31. The first-order valence-corrected chi connectivity index (χ1v) is 6.50. The van der Waals surface area contributed by atoms with E-state index in [1.54, 1.807) is 0 Å². The Morgan fingerprint density at radius 1 is 1.11 bits per heavy atom. The van der Waals surface area contributed by atoms with Gasteiger partial charge in [0.15, 0.2) is 0 Å². The number of benzene rings is 1. The predicted molar refractivity (Wildman–Crippen MR) is 79.7 cm³/mol. The van der Waals surface area contributed by atoms with Gasteiger partial charge in [0.2, 0.25) is 0 Å². The Labute approximate surface area is 118 Å². The molecule has 2 nitrogen and oxygen atoms in total. The third-order valence-electron chi connectivity index (χ3n) is 3.52. The summed E-state index contributed by atoms with van der Waals surface area (Å²) in [6.45, 7) is 0. The van der Waals surface area contributed by atoms with Gasteiger partial charge in [-0.15, -0.1) is 12.4 Å². The van der Waals surface area contributed by atoms with Crippen molar-refractivity contribution in [3.8, 4) is 0 Å². The minimum Gasteiger partial charge on any atom is -0.398 e. The van der Waals surface area contributed by atoms with Crippen molar-refractivity contribution < 1.29 is 0 Å². The van der Waals surface area contributed by atoms with Crippen molar-refractivity contribution in [2.75, 3.05) is 5.73 Å². The number of hydrogen-bond acceptors (Lipinski definition) is 2. The molecule has 18 heavy (non-hydrogen) atoms. The van der Waals surface area contributed by atoms with Gasteiger partial charge in [0.05, 0.1) is 5.52 Å². The summed E-state index contributed by atoms with van der Waals surface area (Å²) in [5, 5.41) is 1.72. The summed E-state index contributed by atoms with van der Waals surface area (Å²) in [6.07, 6.45) is 5.81. The van der Waals surface area contributed by atoms with Crippen molar-refractivity contribution >= 4 is 40.6 Å². The molecule has 0 saturated heterocycles. The summed E-state index contributed by atoms with van der Waals surface area (Å²) in [6, 6.07) is 5.75. The Morgan fingerprint density at radius 3 is 2.72 bits per heavy atom. The quantitative estimate of drug-likeness (QED) is 0.737. The molecule has 1 aliphatic rings. The van der Waals surface area contributed by atoms with E-state index < -0.39 is 0 Å². The normalized spacial score (nSPS) is 14.7. The smallest absolute Gasteiger partial charge is 0.0727 e. The van der Waals surface area contributed by atoms with E-state index in [-0.39, 0.29) is 12.4 Å². The van der Waals surface area contributed by atoms with Crippen LogP contribution in [-0.2, 0) is 12.8 Å². The van der Waals surface area contributed by atoms with Crippen molar-refractivity contribution in [3.05, 3.63) is 34.5 Å². The van der Waals surface area contributed by atoms with Crippen LogP contribution in [0.2, 0.25) is 5.02 Å². The van der Waals surface area contributed by atoms with Crippen LogP contribution in [0.5, 0.6) is 0 Å². The summed E-state index contributed by atoms with van der Waals surface area (Å²) in [5.74, 6) is 0. The van der Waals surface area contributed by atoms with Gasteiger partial charge in [0.1, 0.15) is 0 Å². The van der Waals surface area contributed by atoms with Crippen LogP contribution in [0.4, 0.5) is 5.69 Å². The minimum atomic E-state index is 0. The predicted octanol–water partition coefficient (Wildman–Crippen LogP) is 4.16. The van der Waals surface area contributed by atoms with Gasteiger partial charge in [-0.2, -0.15) is 0 Å². The zero-order valence-corrected chi connectivity index (χ0v) is 11.7. The highest BCUT2D eigenvalue weighted by Crippen LogP contribution is 2.31. The zero-order chi connectivity index (χ0) is 11.8. The fraction of sp³-hybridized carbons (Fsp3) is 0.357. The molecule has 2 aromatic rings. The van der Waals surface area contributed by atoms with E-state index in [1.807, 2.05) is 18.2 Å². The van der Waals surface area contributed by atoms with Crippen LogP contribution in [-0.4, -0.2) is 4.98 Å². The Balaban J connectivity index is 0.00000120. The molecule has 3 rings (SSSR count). The first kappa shape index (κ1) is 13.4. The maximum atomic E-state index is 6.28. The summed E-state index contributed by atoms with van der Waals surface area (Å²) in [4.78, 5) is 4.74. The molecule has 0 aliphatic heterocycles. The number of rotatable bonds is 0. The maximum Gasteiger partial charge on any atom is 0.0727 e. The Bertz CT molecular complexity index is 582. The van der Waals surface area contributed by atoms with Crippen LogP contribution in [0.15, 0.2) is 18.2 Å². The molecule has 0 unspecified atom stereocenters. The molecule has 0 bridgehead atoms. The Morgan fingerprint density at radius 2 is 1.89 bits per heavy atom. The minimum absolute atomic E-state index is 0. The van der Waals surface area contributed by atoms with E-state index in [9.17, 15) is 0 Å². The average Bonchev–Trinajstić information content (AvgIpc) is 2.56. The summed E-state index contributed by atoms with van der Waals surface area (Å²) >= 11 is 6.02. The number of aromatic nitrogens is 1. The SMILES string of the molecule is Cl.Nc1c2c(nc3ccc(Cl)cc13)CCCCC2. The Kier molecular flexibility index (Phi) is 3.98. The molecule has 0 spiro atoms. The molecule has 0 radical (unpaired) electrons. The van der Waals surface area contributed by atoms with Crippen molar-refractivity contribution in [3.63, 3.8) is 0 Å². The molecule has 1 aromatic heterocycles. The van der Waals surface area contributed by atoms with Gasteiger partial charge in [-0.05, 0) is 49.4 Å². The third-order valence-corrected chi connectivity index (χ3v) is 3.75. The number of aryl methyl sites for hydroxylation is 1. The molecule has 4 heteroatoms. The number of anilines is 1. The van der Waals surface area contributed by atoms with Gasteiger partial charge < -0.3 is 5.73 Å². The lowest BCUT2D eigenvalue weighted by atomic mass is 10.0. The van der Waals surface area contributed by atoms with Gasteiger partial charge >= 0.3 is 0 Å². The highest BCUT2D eigenvalue weighted by Gasteiger charge is 2.15. The van der Waals surface area contributed by atoms with Crippen molar-refractivity contribution in [1.29, 1.82) is 0 Å². The van der Waals surface area contributed by atoms with Crippen LogP contribution in [0.25, 0.3) is 10.9 Å². The molecule has 1 aromatic carbocycles. The molecule has 0 saturated carbocycles. The second kappa shape index (κ2) is 5.33. The Hall–Kier alpha value is -0.990. The van der Waals surface area contributed by atoms with Gasteiger partial charge in [0.25, 0.3) is 0 Å². The molecular weight excluding hydrogens is 267 g/mol. The van der Waals surface area contributed by atoms with Crippen LogP contribution in [0.1, 0.15) is 30.5 Å².